The van der Waals surface area contributed by atoms with Crippen LogP contribution in [-0.4, -0.2) is 58.1 Å². The number of amides is 2. The quantitative estimate of drug-likeness (QED) is 0.458. The average molecular weight is 393 g/mol. The second kappa shape index (κ2) is 9.11. The highest BCUT2D eigenvalue weighted by Crippen LogP contribution is 2.20. The van der Waals surface area contributed by atoms with E-state index in [9.17, 15) is 9.59 Å². The van der Waals surface area contributed by atoms with Crippen molar-refractivity contribution in [2.75, 3.05) is 31.1 Å². The Balaban J connectivity index is 1.69. The Kier molecular flexibility index (Phi) is 6.36. The van der Waals surface area contributed by atoms with Gasteiger partial charge in [-0.2, -0.15) is 0 Å². The van der Waals surface area contributed by atoms with Crippen LogP contribution in [0.5, 0.6) is 0 Å². The van der Waals surface area contributed by atoms with Gasteiger partial charge in [-0.1, -0.05) is 36.9 Å². The molecular weight excluding hydrogens is 370 g/mol. The molecule has 2 amide bonds. The van der Waals surface area contributed by atoms with E-state index in [0.29, 0.717) is 37.7 Å². The number of hydrogen-bond acceptors (Lipinski definition) is 6. The zero-order valence-electron chi connectivity index (χ0n) is 16.2. The van der Waals surface area contributed by atoms with Crippen molar-refractivity contribution in [1.82, 2.24) is 20.3 Å². The van der Waals surface area contributed by atoms with Crippen LogP contribution < -0.4 is 10.4 Å². The van der Waals surface area contributed by atoms with Crippen molar-refractivity contribution in [3.05, 3.63) is 71.6 Å². The lowest BCUT2D eigenvalue weighted by atomic mass is 10.00. The number of carbonyl (C=O) groups is 2. The number of aryl methyl sites for hydroxylation is 1. The van der Waals surface area contributed by atoms with Crippen LogP contribution in [0, 0.1) is 6.92 Å². The van der Waals surface area contributed by atoms with Gasteiger partial charge in [0.2, 0.25) is 5.95 Å². The van der Waals surface area contributed by atoms with E-state index in [1.165, 1.54) is 12.4 Å². The Bertz CT molecular complexity index is 932. The highest BCUT2D eigenvalue weighted by Gasteiger charge is 2.25. The Morgan fingerprint density at radius 2 is 1.86 bits per heavy atom. The second-order valence-corrected chi connectivity index (χ2v) is 6.62. The molecule has 1 aliphatic rings. The fraction of sp³-hybridized carbons (Fsp3) is 0.238. The summed E-state index contributed by atoms with van der Waals surface area (Å²) in [5.74, 6) is -0.184. The molecule has 2 heterocycles. The smallest absolute Gasteiger partial charge is 0.277 e. The number of benzene rings is 1. The number of anilines is 1. The SMILES string of the molecule is C=C/C=C\c1c(C)cccc1C(=O)N1CCN(c2ncc(C(=O)NO)cn2)CC1. The molecule has 1 aromatic heterocycles. The molecule has 1 fully saturated rings. The average Bonchev–Trinajstić information content (AvgIpc) is 2.77. The molecular formula is C21H23N5O3. The standard InChI is InChI=1S/C21H23N5O3/c1-3-4-7-17-15(2)6-5-8-18(17)20(28)25-9-11-26(12-10-25)21-22-13-16(14-23-21)19(27)24-29/h3-8,13-14,29H,1,9-12H2,2H3,(H,24,27)/b7-4-. The molecule has 1 aromatic carbocycles. The molecule has 1 saturated heterocycles. The first-order chi connectivity index (χ1) is 14.0. The lowest BCUT2D eigenvalue weighted by molar-refractivity contribution is 0.0704. The Hall–Kier alpha value is -3.52. The van der Waals surface area contributed by atoms with Gasteiger partial charge in [0.1, 0.15) is 0 Å². The van der Waals surface area contributed by atoms with Crippen molar-refractivity contribution in [3.8, 4) is 0 Å². The monoisotopic (exact) mass is 393 g/mol. The van der Waals surface area contributed by atoms with E-state index in [0.717, 1.165) is 11.1 Å². The summed E-state index contributed by atoms with van der Waals surface area (Å²) in [6, 6.07) is 5.72. The third kappa shape index (κ3) is 4.49. The van der Waals surface area contributed by atoms with Crippen LogP contribution in [0.1, 0.15) is 31.8 Å². The Morgan fingerprint density at radius 1 is 1.17 bits per heavy atom. The van der Waals surface area contributed by atoms with Crippen molar-refractivity contribution in [1.29, 1.82) is 0 Å². The lowest BCUT2D eigenvalue weighted by Crippen LogP contribution is -2.49. The van der Waals surface area contributed by atoms with Crippen LogP contribution in [0.2, 0.25) is 0 Å². The van der Waals surface area contributed by atoms with Crippen molar-refractivity contribution in [2.24, 2.45) is 0 Å². The fourth-order valence-corrected chi connectivity index (χ4v) is 3.20. The predicted octanol–water partition coefficient (Wildman–Crippen LogP) is 2.07. The van der Waals surface area contributed by atoms with Crippen molar-refractivity contribution >= 4 is 23.8 Å². The van der Waals surface area contributed by atoms with Crippen molar-refractivity contribution in [3.63, 3.8) is 0 Å². The molecule has 8 heteroatoms. The van der Waals surface area contributed by atoms with Crippen molar-refractivity contribution < 1.29 is 14.8 Å². The summed E-state index contributed by atoms with van der Waals surface area (Å²) in [4.78, 5) is 36.6. The lowest BCUT2D eigenvalue weighted by Gasteiger charge is -2.35. The van der Waals surface area contributed by atoms with E-state index in [2.05, 4.69) is 16.5 Å². The minimum atomic E-state index is -0.661. The topological polar surface area (TPSA) is 98.7 Å². The number of hydrogen-bond donors (Lipinski definition) is 2. The van der Waals surface area contributed by atoms with Crippen LogP contribution >= 0.6 is 0 Å². The van der Waals surface area contributed by atoms with E-state index in [1.807, 2.05) is 47.1 Å². The molecule has 0 atom stereocenters. The fourth-order valence-electron chi connectivity index (χ4n) is 3.20. The molecule has 0 radical (unpaired) electrons. The van der Waals surface area contributed by atoms with E-state index >= 15 is 0 Å². The number of nitrogens with zero attached hydrogens (tertiary/aromatic N) is 4. The van der Waals surface area contributed by atoms with Crippen molar-refractivity contribution in [2.45, 2.75) is 6.92 Å². The van der Waals surface area contributed by atoms with Crippen LogP contribution in [0.15, 0.2) is 49.3 Å². The number of carbonyl (C=O) groups excluding carboxylic acids is 2. The van der Waals surface area contributed by atoms with Gasteiger partial charge in [-0.3, -0.25) is 14.8 Å². The zero-order chi connectivity index (χ0) is 20.8. The molecule has 0 spiro atoms. The minimum Gasteiger partial charge on any atom is -0.337 e. The Labute approximate surface area is 169 Å². The number of piperazine rings is 1. The van der Waals surface area contributed by atoms with E-state index in [-0.39, 0.29) is 11.5 Å². The largest absolute Gasteiger partial charge is 0.337 e. The summed E-state index contributed by atoms with van der Waals surface area (Å²) in [5.41, 5.74) is 4.33. The molecule has 3 rings (SSSR count). The summed E-state index contributed by atoms with van der Waals surface area (Å²) < 4.78 is 0. The molecule has 0 saturated carbocycles. The highest BCUT2D eigenvalue weighted by atomic mass is 16.5. The van der Waals surface area contributed by atoms with Gasteiger partial charge in [0.15, 0.2) is 0 Å². The highest BCUT2D eigenvalue weighted by molar-refractivity contribution is 5.98. The third-order valence-corrected chi connectivity index (χ3v) is 4.81. The number of hydroxylamine groups is 1. The van der Waals surface area contributed by atoms with E-state index < -0.39 is 5.91 Å². The van der Waals surface area contributed by atoms with Crippen LogP contribution in [0.3, 0.4) is 0 Å². The normalized spacial score (nSPS) is 14.1. The van der Waals surface area contributed by atoms with Gasteiger partial charge >= 0.3 is 0 Å². The van der Waals surface area contributed by atoms with E-state index in [1.54, 1.807) is 11.6 Å². The number of aromatic nitrogens is 2. The van der Waals surface area contributed by atoms with Crippen LogP contribution in [0.25, 0.3) is 6.08 Å². The maximum absolute atomic E-state index is 13.1. The van der Waals surface area contributed by atoms with Gasteiger partial charge in [0.05, 0.1) is 5.56 Å². The first-order valence-corrected chi connectivity index (χ1v) is 9.24. The second-order valence-electron chi connectivity index (χ2n) is 6.62. The number of nitrogens with one attached hydrogen (secondary N) is 1. The molecule has 0 bridgehead atoms. The molecule has 29 heavy (non-hydrogen) atoms. The minimum absolute atomic E-state index is 0.00653. The Morgan fingerprint density at radius 3 is 2.48 bits per heavy atom. The number of allylic oxidation sites excluding steroid dienone is 2. The maximum atomic E-state index is 13.1. The summed E-state index contributed by atoms with van der Waals surface area (Å²) in [6.45, 7) is 7.93. The maximum Gasteiger partial charge on any atom is 0.277 e. The van der Waals surface area contributed by atoms with Gasteiger partial charge in [-0.25, -0.2) is 15.4 Å². The van der Waals surface area contributed by atoms with E-state index in [4.69, 9.17) is 5.21 Å². The van der Waals surface area contributed by atoms with Gasteiger partial charge in [0.25, 0.3) is 11.8 Å². The summed E-state index contributed by atoms with van der Waals surface area (Å²) in [6.07, 6.45) is 8.14. The summed E-state index contributed by atoms with van der Waals surface area (Å²) in [7, 11) is 0. The van der Waals surface area contributed by atoms with Gasteiger partial charge in [-0.05, 0) is 24.1 Å². The first kappa shape index (κ1) is 20.2. The molecule has 8 nitrogen and oxygen atoms in total. The summed E-state index contributed by atoms with van der Waals surface area (Å²) in [5, 5.41) is 8.65. The molecule has 0 aliphatic carbocycles. The summed E-state index contributed by atoms with van der Waals surface area (Å²) >= 11 is 0. The zero-order valence-corrected chi connectivity index (χ0v) is 16.2. The number of rotatable bonds is 5. The molecule has 2 N–H and O–H groups in total. The van der Waals surface area contributed by atoms with Crippen LogP contribution in [0.4, 0.5) is 5.95 Å². The van der Waals surface area contributed by atoms with Gasteiger partial charge in [-0.15, -0.1) is 0 Å². The van der Waals surface area contributed by atoms with Gasteiger partial charge in [0, 0.05) is 44.1 Å². The molecule has 150 valence electrons. The van der Waals surface area contributed by atoms with Crippen LogP contribution in [-0.2, 0) is 0 Å². The molecule has 0 unspecified atom stereocenters. The molecule has 1 aliphatic heterocycles. The first-order valence-electron chi connectivity index (χ1n) is 9.24. The van der Waals surface area contributed by atoms with Gasteiger partial charge < -0.3 is 9.80 Å². The molecule has 2 aromatic rings. The predicted molar refractivity (Wildman–Crippen MR) is 110 cm³/mol. The third-order valence-electron chi connectivity index (χ3n) is 4.81.